The third kappa shape index (κ3) is 8.33. The zero-order chi connectivity index (χ0) is 31.9. The molecule has 0 aliphatic heterocycles. The van der Waals surface area contributed by atoms with Crippen molar-refractivity contribution in [3.05, 3.63) is 157 Å². The van der Waals surface area contributed by atoms with E-state index in [4.69, 9.17) is 14.6 Å². The van der Waals surface area contributed by atoms with Gasteiger partial charge in [0.05, 0.1) is 25.1 Å². The van der Waals surface area contributed by atoms with Crippen LogP contribution < -0.4 is 43.4 Å². The van der Waals surface area contributed by atoms with Gasteiger partial charge in [0.2, 0.25) is 0 Å². The Balaban J connectivity index is 0.000000209. The van der Waals surface area contributed by atoms with Crippen LogP contribution in [0.3, 0.4) is 0 Å². The first-order valence-electron chi connectivity index (χ1n) is 15.3. The Morgan fingerprint density at radius 3 is 1.52 bits per heavy atom. The van der Waals surface area contributed by atoms with E-state index in [0.717, 1.165) is 17.9 Å². The summed E-state index contributed by atoms with van der Waals surface area (Å²) in [7, 11) is 3.18. The maximum absolute atomic E-state index is 9.06. The molecule has 0 unspecified atom stereocenters. The quantitative estimate of drug-likeness (QED) is 0.232. The lowest BCUT2D eigenvalue weighted by Crippen LogP contribution is -3.00. The lowest BCUT2D eigenvalue weighted by atomic mass is 10.2. The molecular formula is C41H38Br2O3S2. The molecule has 6 aromatic carbocycles. The number of aliphatic hydroxyl groups excluding tert-OH is 1. The smallest absolute Gasteiger partial charge is 0.187 e. The molecule has 7 aromatic rings. The van der Waals surface area contributed by atoms with Gasteiger partial charge in [-0.05, 0) is 97.3 Å². The standard InChI is InChI=1S/C21H21O2S.C20H17OS.2BrH/c1-16-7-4-10-19(13-16)24(20-11-5-8-17(14-20)22-2)21-12-6-9-18(15-21)23-3;21-14-13-15-9-11-16(12-10-15)22-19-7-3-1-5-17(19)18-6-2-4-8-20(18)22;;/h4-15H,1-3H3;1-12,21H,13-14H2;2*1H/q2*+1;;/p-2. The van der Waals surface area contributed by atoms with Crippen molar-refractivity contribution >= 4 is 41.5 Å². The second-order valence-corrected chi connectivity index (χ2v) is 14.9. The van der Waals surface area contributed by atoms with Crippen LogP contribution in [-0.2, 0) is 17.3 Å². The van der Waals surface area contributed by atoms with Crippen molar-refractivity contribution < 1.29 is 48.5 Å². The van der Waals surface area contributed by atoms with Crippen molar-refractivity contribution in [2.24, 2.45) is 0 Å². The molecule has 3 nitrogen and oxygen atoms in total. The Labute approximate surface area is 310 Å². The normalized spacial score (nSPS) is 10.5. The molecule has 1 N–H and O–H groups in total. The number of fused-ring (bicyclic) bond motifs is 3. The SMILES string of the molecule is COc1cccc([S+](c2cccc(C)c2)c2cccc(OC)c2)c1.OCCc1ccc(-[s+]2c3ccccc3c3ccccc32)cc1.[Br-].[Br-]. The third-order valence-corrected chi connectivity index (χ3v) is 12.4. The number of rotatable bonds is 8. The van der Waals surface area contributed by atoms with Crippen LogP contribution >= 0.6 is 10.5 Å². The molecule has 0 saturated heterocycles. The number of methoxy groups -OCH3 is 2. The predicted molar refractivity (Wildman–Crippen MR) is 195 cm³/mol. The maximum Gasteiger partial charge on any atom is 0.187 e. The van der Waals surface area contributed by atoms with Crippen LogP contribution in [0.25, 0.3) is 25.1 Å². The molecule has 0 radical (unpaired) electrons. The Kier molecular flexibility index (Phi) is 13.7. The number of hydrogen-bond acceptors (Lipinski definition) is 3. The van der Waals surface area contributed by atoms with Gasteiger partial charge in [-0.2, -0.15) is 0 Å². The fourth-order valence-corrected chi connectivity index (χ4v) is 10.2. The van der Waals surface area contributed by atoms with Gasteiger partial charge in [-0.3, -0.25) is 0 Å². The molecule has 0 aliphatic rings. The molecule has 0 saturated carbocycles. The number of hydrogen-bond donors (Lipinski definition) is 1. The molecule has 246 valence electrons. The van der Waals surface area contributed by atoms with Crippen LogP contribution in [0.2, 0.25) is 0 Å². The molecule has 0 aliphatic carbocycles. The van der Waals surface area contributed by atoms with Gasteiger partial charge in [0.15, 0.2) is 29.0 Å². The second kappa shape index (κ2) is 17.7. The van der Waals surface area contributed by atoms with Gasteiger partial charge in [0.25, 0.3) is 0 Å². The van der Waals surface area contributed by atoms with E-state index in [1.165, 1.54) is 50.9 Å². The summed E-state index contributed by atoms with van der Waals surface area (Å²) in [5.41, 5.74) is 2.45. The lowest BCUT2D eigenvalue weighted by Gasteiger charge is -2.10. The second-order valence-electron chi connectivity index (χ2n) is 10.9. The topological polar surface area (TPSA) is 38.7 Å². The van der Waals surface area contributed by atoms with Gasteiger partial charge in [-0.1, -0.05) is 60.7 Å². The van der Waals surface area contributed by atoms with Crippen molar-refractivity contribution in [2.75, 3.05) is 20.8 Å². The van der Waals surface area contributed by atoms with Crippen LogP contribution in [0.1, 0.15) is 11.1 Å². The first kappa shape index (κ1) is 37.2. The van der Waals surface area contributed by atoms with Gasteiger partial charge in [-0.25, -0.2) is 0 Å². The van der Waals surface area contributed by atoms with E-state index in [9.17, 15) is 0 Å². The van der Waals surface area contributed by atoms with Crippen LogP contribution in [0.15, 0.2) is 160 Å². The molecular weight excluding hydrogens is 764 g/mol. The first-order valence-corrected chi connectivity index (χ1v) is 17.8. The van der Waals surface area contributed by atoms with Crippen molar-refractivity contribution in [2.45, 2.75) is 28.0 Å². The summed E-state index contributed by atoms with van der Waals surface area (Å²) in [4.78, 5) is 5.09. The summed E-state index contributed by atoms with van der Waals surface area (Å²) < 4.78 is 13.7. The molecule has 48 heavy (non-hydrogen) atoms. The highest BCUT2D eigenvalue weighted by Gasteiger charge is 2.30. The average Bonchev–Trinajstić information content (AvgIpc) is 3.44. The monoisotopic (exact) mass is 800 g/mol. The maximum atomic E-state index is 9.06. The highest BCUT2D eigenvalue weighted by atomic mass is 79.9. The van der Waals surface area contributed by atoms with E-state index in [0.29, 0.717) is 0 Å². The van der Waals surface area contributed by atoms with Crippen LogP contribution in [-0.4, -0.2) is 25.9 Å². The summed E-state index contributed by atoms with van der Waals surface area (Å²) in [5, 5.41) is 11.8. The zero-order valence-electron chi connectivity index (χ0n) is 27.1. The number of thiophene rings is 1. The Morgan fingerprint density at radius 2 is 1.04 bits per heavy atom. The fraction of sp³-hybridized carbons (Fsp3) is 0.122. The first-order chi connectivity index (χ1) is 22.6. The summed E-state index contributed by atoms with van der Waals surface area (Å²) in [5.74, 6) is 1.75. The highest BCUT2D eigenvalue weighted by molar-refractivity contribution is 7.97. The van der Waals surface area contributed by atoms with Gasteiger partial charge in [0.1, 0.15) is 11.5 Å². The zero-order valence-corrected chi connectivity index (χ0v) is 31.9. The largest absolute Gasteiger partial charge is 1.00 e. The van der Waals surface area contributed by atoms with Gasteiger partial charge >= 0.3 is 0 Å². The Bertz CT molecular complexity index is 1970. The molecule has 1 aromatic heterocycles. The molecule has 1 heterocycles. The van der Waals surface area contributed by atoms with Gasteiger partial charge in [0, 0.05) is 40.0 Å². The average molecular weight is 803 g/mol. The molecule has 7 heteroatoms. The fourth-order valence-electron chi connectivity index (χ4n) is 5.63. The minimum absolute atomic E-state index is 0. The molecule has 0 amide bonds. The molecule has 7 rings (SSSR count). The number of aryl methyl sites for hydroxylation is 1. The van der Waals surface area contributed by atoms with Crippen LogP contribution in [0.5, 0.6) is 11.5 Å². The van der Waals surface area contributed by atoms with Crippen molar-refractivity contribution in [3.63, 3.8) is 0 Å². The van der Waals surface area contributed by atoms with Gasteiger partial charge < -0.3 is 48.5 Å². The number of benzene rings is 6. The summed E-state index contributed by atoms with van der Waals surface area (Å²) in [6.45, 7) is 2.33. The number of aliphatic hydroxyl groups is 1. The number of ether oxygens (including phenoxy) is 2. The van der Waals surface area contributed by atoms with E-state index >= 15 is 0 Å². The van der Waals surface area contributed by atoms with E-state index in [1.54, 1.807) is 14.2 Å². The lowest BCUT2D eigenvalue weighted by molar-refractivity contribution is -0.001000. The Morgan fingerprint density at radius 1 is 0.562 bits per heavy atom. The van der Waals surface area contributed by atoms with E-state index in [-0.39, 0.29) is 61.9 Å². The molecule has 0 spiro atoms. The highest BCUT2D eigenvalue weighted by Crippen LogP contribution is 2.48. The minimum atomic E-state index is -0.209. The summed E-state index contributed by atoms with van der Waals surface area (Å²) in [6, 6.07) is 51.4. The Hall–Kier alpha value is -3.59. The third-order valence-electron chi connectivity index (χ3n) is 7.84. The van der Waals surface area contributed by atoms with E-state index in [1.807, 2.05) is 24.3 Å². The van der Waals surface area contributed by atoms with E-state index in [2.05, 4.69) is 128 Å². The van der Waals surface area contributed by atoms with Crippen molar-refractivity contribution in [1.29, 1.82) is 0 Å². The minimum Gasteiger partial charge on any atom is -1.00 e. The van der Waals surface area contributed by atoms with Crippen molar-refractivity contribution in [1.82, 2.24) is 0 Å². The molecule has 0 bridgehead atoms. The predicted octanol–water partition coefficient (Wildman–Crippen LogP) is 4.38. The van der Waals surface area contributed by atoms with Gasteiger partial charge in [-0.15, -0.1) is 0 Å². The molecule has 0 atom stereocenters. The van der Waals surface area contributed by atoms with Crippen molar-refractivity contribution in [3.8, 4) is 16.4 Å². The van der Waals surface area contributed by atoms with Crippen LogP contribution in [0, 0.1) is 6.92 Å². The van der Waals surface area contributed by atoms with E-state index < -0.39 is 0 Å². The van der Waals surface area contributed by atoms with Crippen LogP contribution in [0.4, 0.5) is 0 Å². The number of halogens is 2. The summed E-state index contributed by atoms with van der Waals surface area (Å²) in [6.07, 6.45) is 0.723. The summed E-state index contributed by atoms with van der Waals surface area (Å²) >= 11 is 0. The molecule has 0 fully saturated rings.